The van der Waals surface area contributed by atoms with Gasteiger partial charge in [-0.3, -0.25) is 4.79 Å². The minimum Gasteiger partial charge on any atom is -0.350 e. The molecular formula is C20H19Cl2N5O. The number of amides is 1. The number of halogens is 2. The Kier molecular flexibility index (Phi) is 5.87. The van der Waals surface area contributed by atoms with Crippen LogP contribution in [0.5, 0.6) is 0 Å². The van der Waals surface area contributed by atoms with Gasteiger partial charge in [-0.25, -0.2) is 9.50 Å². The maximum absolute atomic E-state index is 12.4. The van der Waals surface area contributed by atoms with Crippen molar-refractivity contribution in [1.29, 1.82) is 5.26 Å². The maximum atomic E-state index is 12.4. The van der Waals surface area contributed by atoms with E-state index < -0.39 is 0 Å². The van der Waals surface area contributed by atoms with Gasteiger partial charge in [0.2, 0.25) is 5.91 Å². The minimum atomic E-state index is -0.232. The van der Waals surface area contributed by atoms with E-state index in [0.717, 1.165) is 22.5 Å². The summed E-state index contributed by atoms with van der Waals surface area (Å²) in [4.78, 5) is 16.9. The van der Waals surface area contributed by atoms with E-state index in [2.05, 4.69) is 21.5 Å². The van der Waals surface area contributed by atoms with Gasteiger partial charge < -0.3 is 5.32 Å². The molecule has 1 unspecified atom stereocenters. The summed E-state index contributed by atoms with van der Waals surface area (Å²) in [6, 6.07) is 7.08. The van der Waals surface area contributed by atoms with E-state index in [1.165, 1.54) is 6.20 Å². The van der Waals surface area contributed by atoms with Crippen molar-refractivity contribution in [1.82, 2.24) is 19.9 Å². The molecule has 0 fully saturated rings. The van der Waals surface area contributed by atoms with Gasteiger partial charge in [-0.15, -0.1) is 0 Å². The first-order chi connectivity index (χ1) is 13.3. The number of carbonyl (C=O) groups excluding carboxylic acids is 1. The van der Waals surface area contributed by atoms with Gasteiger partial charge in [-0.2, -0.15) is 10.4 Å². The van der Waals surface area contributed by atoms with E-state index in [-0.39, 0.29) is 11.9 Å². The zero-order valence-electron chi connectivity index (χ0n) is 15.8. The van der Waals surface area contributed by atoms with Crippen LogP contribution in [0.25, 0.3) is 5.65 Å². The predicted molar refractivity (Wildman–Crippen MR) is 109 cm³/mol. The van der Waals surface area contributed by atoms with Crippen LogP contribution in [-0.4, -0.2) is 20.5 Å². The van der Waals surface area contributed by atoms with Gasteiger partial charge in [0.05, 0.1) is 12.2 Å². The lowest BCUT2D eigenvalue weighted by molar-refractivity contribution is -0.121. The summed E-state index contributed by atoms with van der Waals surface area (Å²) in [5.41, 5.74) is 4.41. The van der Waals surface area contributed by atoms with Crippen LogP contribution in [0.2, 0.25) is 10.0 Å². The molecule has 3 rings (SSSR count). The Labute approximate surface area is 173 Å². The third kappa shape index (κ3) is 3.96. The van der Waals surface area contributed by atoms with Crippen molar-refractivity contribution in [2.45, 2.75) is 39.7 Å². The molecule has 1 aromatic carbocycles. The van der Waals surface area contributed by atoms with Gasteiger partial charge in [0, 0.05) is 27.9 Å². The minimum absolute atomic E-state index is 0.0874. The van der Waals surface area contributed by atoms with Crippen LogP contribution in [0.1, 0.15) is 47.5 Å². The summed E-state index contributed by atoms with van der Waals surface area (Å²) in [6.07, 6.45) is 2.33. The molecule has 0 aliphatic heterocycles. The summed E-state index contributed by atoms with van der Waals surface area (Å²) in [6.45, 7) is 5.67. The van der Waals surface area contributed by atoms with E-state index in [9.17, 15) is 4.79 Å². The molecule has 0 aliphatic carbocycles. The molecular weight excluding hydrogens is 397 g/mol. The molecule has 0 saturated carbocycles. The highest BCUT2D eigenvalue weighted by atomic mass is 35.5. The largest absolute Gasteiger partial charge is 0.350 e. The van der Waals surface area contributed by atoms with E-state index >= 15 is 0 Å². The van der Waals surface area contributed by atoms with Gasteiger partial charge in [-0.05, 0) is 50.5 Å². The number of nitriles is 1. The van der Waals surface area contributed by atoms with E-state index in [1.807, 2.05) is 26.8 Å². The van der Waals surface area contributed by atoms with Crippen molar-refractivity contribution in [2.24, 2.45) is 0 Å². The first-order valence-corrected chi connectivity index (χ1v) is 9.55. The van der Waals surface area contributed by atoms with Crippen molar-refractivity contribution >= 4 is 34.8 Å². The normalized spacial score (nSPS) is 12.0. The fraction of sp³-hybridized carbons (Fsp3) is 0.300. The average molecular weight is 416 g/mol. The zero-order valence-corrected chi connectivity index (χ0v) is 17.3. The number of aromatic nitrogens is 3. The smallest absolute Gasteiger partial charge is 0.220 e. The van der Waals surface area contributed by atoms with Crippen LogP contribution in [0.15, 0.2) is 24.4 Å². The molecule has 2 aromatic heterocycles. The standard InChI is InChI=1S/C20H19Cl2N5O/c1-11-16(13(3)27-20(26-11)14(9-23)10-24-27)6-7-19(28)25-12(2)17-5-4-15(21)8-18(17)22/h4-5,8,10,12H,6-7H2,1-3H3,(H,25,28). The van der Waals surface area contributed by atoms with Crippen LogP contribution < -0.4 is 5.32 Å². The van der Waals surface area contributed by atoms with E-state index in [0.29, 0.717) is 34.1 Å². The van der Waals surface area contributed by atoms with Crippen LogP contribution in [0.4, 0.5) is 0 Å². The first kappa shape index (κ1) is 20.1. The second kappa shape index (κ2) is 8.17. The fourth-order valence-electron chi connectivity index (χ4n) is 3.23. The monoisotopic (exact) mass is 415 g/mol. The Bertz CT molecular complexity index is 1100. The summed E-state index contributed by atoms with van der Waals surface area (Å²) in [5, 5.41) is 17.4. The maximum Gasteiger partial charge on any atom is 0.220 e. The number of carbonyl (C=O) groups is 1. The molecule has 6 nitrogen and oxygen atoms in total. The van der Waals surface area contributed by atoms with Crippen molar-refractivity contribution in [3.05, 3.63) is 62.5 Å². The molecule has 0 radical (unpaired) electrons. The first-order valence-electron chi connectivity index (χ1n) is 8.80. The number of benzene rings is 1. The summed E-state index contributed by atoms with van der Waals surface area (Å²) in [7, 11) is 0. The molecule has 3 aromatic rings. The topological polar surface area (TPSA) is 83.1 Å². The lowest BCUT2D eigenvalue weighted by Gasteiger charge is -2.16. The fourth-order valence-corrected chi connectivity index (χ4v) is 3.81. The lowest BCUT2D eigenvalue weighted by atomic mass is 10.0. The Morgan fingerprint density at radius 1 is 1.36 bits per heavy atom. The van der Waals surface area contributed by atoms with Crippen molar-refractivity contribution in [3.8, 4) is 6.07 Å². The third-order valence-electron chi connectivity index (χ3n) is 4.74. The lowest BCUT2D eigenvalue weighted by Crippen LogP contribution is -2.27. The molecule has 0 spiro atoms. The zero-order chi connectivity index (χ0) is 20.4. The van der Waals surface area contributed by atoms with Crippen LogP contribution in [-0.2, 0) is 11.2 Å². The molecule has 2 heterocycles. The number of nitrogens with one attached hydrogen (secondary N) is 1. The number of hydrogen-bond acceptors (Lipinski definition) is 4. The molecule has 0 saturated heterocycles. The highest BCUT2D eigenvalue weighted by Gasteiger charge is 2.16. The Hall–Kier alpha value is -2.62. The summed E-state index contributed by atoms with van der Waals surface area (Å²) >= 11 is 12.1. The van der Waals surface area contributed by atoms with Gasteiger partial charge in [0.25, 0.3) is 0 Å². The Morgan fingerprint density at radius 2 is 2.11 bits per heavy atom. The van der Waals surface area contributed by atoms with Crippen LogP contribution in [0, 0.1) is 25.2 Å². The number of rotatable bonds is 5. The number of hydrogen-bond donors (Lipinski definition) is 1. The SMILES string of the molecule is Cc1nc2c(C#N)cnn2c(C)c1CCC(=O)NC(C)c1ccc(Cl)cc1Cl. The quantitative estimate of drug-likeness (QED) is 0.671. The average Bonchev–Trinajstić information content (AvgIpc) is 3.04. The molecule has 0 aliphatic rings. The van der Waals surface area contributed by atoms with Crippen molar-refractivity contribution in [3.63, 3.8) is 0 Å². The molecule has 0 bridgehead atoms. The molecule has 8 heteroatoms. The highest BCUT2D eigenvalue weighted by Crippen LogP contribution is 2.26. The molecule has 144 valence electrons. The number of fused-ring (bicyclic) bond motifs is 1. The molecule has 1 amide bonds. The van der Waals surface area contributed by atoms with Gasteiger partial charge in [0.15, 0.2) is 5.65 Å². The second-order valence-electron chi connectivity index (χ2n) is 6.62. The predicted octanol–water partition coefficient (Wildman–Crippen LogP) is 4.33. The molecule has 1 N–H and O–H groups in total. The number of aryl methyl sites for hydroxylation is 2. The highest BCUT2D eigenvalue weighted by molar-refractivity contribution is 6.35. The van der Waals surface area contributed by atoms with Gasteiger partial charge >= 0.3 is 0 Å². The van der Waals surface area contributed by atoms with Gasteiger partial charge in [-0.1, -0.05) is 29.3 Å². The third-order valence-corrected chi connectivity index (χ3v) is 5.30. The van der Waals surface area contributed by atoms with Crippen LogP contribution >= 0.6 is 23.2 Å². The Morgan fingerprint density at radius 3 is 2.79 bits per heavy atom. The van der Waals surface area contributed by atoms with Crippen molar-refractivity contribution in [2.75, 3.05) is 0 Å². The van der Waals surface area contributed by atoms with Gasteiger partial charge in [0.1, 0.15) is 11.6 Å². The summed E-state index contributed by atoms with van der Waals surface area (Å²) in [5.74, 6) is -0.0874. The van der Waals surface area contributed by atoms with Crippen molar-refractivity contribution < 1.29 is 4.79 Å². The molecule has 28 heavy (non-hydrogen) atoms. The van der Waals surface area contributed by atoms with E-state index in [1.54, 1.807) is 16.6 Å². The Balaban J connectivity index is 1.71. The van der Waals surface area contributed by atoms with Crippen LogP contribution in [0.3, 0.4) is 0 Å². The number of nitrogens with zero attached hydrogens (tertiary/aromatic N) is 4. The summed E-state index contributed by atoms with van der Waals surface area (Å²) < 4.78 is 1.65. The second-order valence-corrected chi connectivity index (χ2v) is 7.47. The van der Waals surface area contributed by atoms with E-state index in [4.69, 9.17) is 28.5 Å². The molecule has 1 atom stereocenters.